The van der Waals surface area contributed by atoms with Crippen LogP contribution in [-0.2, 0) is 17.9 Å². The maximum absolute atomic E-state index is 12.3. The van der Waals surface area contributed by atoms with E-state index >= 15 is 0 Å². The zero-order valence-corrected chi connectivity index (χ0v) is 16.4. The molecular formula is C23H30N2O2. The van der Waals surface area contributed by atoms with Gasteiger partial charge in [0.05, 0.1) is 0 Å². The van der Waals surface area contributed by atoms with Crippen LogP contribution in [0.5, 0.6) is 5.75 Å². The minimum absolute atomic E-state index is 0.104. The molecule has 2 aromatic carbocycles. The molecule has 1 amide bonds. The Morgan fingerprint density at radius 1 is 1.00 bits per heavy atom. The number of nitrogens with one attached hydrogen (secondary N) is 1. The third-order valence-electron chi connectivity index (χ3n) is 5.05. The molecule has 1 aliphatic rings. The average molecular weight is 367 g/mol. The normalized spacial score (nSPS) is 15.9. The molecule has 0 radical (unpaired) electrons. The van der Waals surface area contributed by atoms with Gasteiger partial charge >= 0.3 is 0 Å². The Balaban J connectivity index is 1.44. The summed E-state index contributed by atoms with van der Waals surface area (Å²) in [5.41, 5.74) is 3.61. The number of piperidine rings is 1. The van der Waals surface area contributed by atoms with Crippen molar-refractivity contribution in [1.82, 2.24) is 10.2 Å². The van der Waals surface area contributed by atoms with E-state index in [1.54, 1.807) is 6.92 Å². The summed E-state index contributed by atoms with van der Waals surface area (Å²) >= 11 is 0. The van der Waals surface area contributed by atoms with Gasteiger partial charge < -0.3 is 10.1 Å². The van der Waals surface area contributed by atoms with E-state index in [9.17, 15) is 4.79 Å². The van der Waals surface area contributed by atoms with Crippen molar-refractivity contribution < 1.29 is 9.53 Å². The molecule has 0 spiro atoms. The highest BCUT2D eigenvalue weighted by atomic mass is 16.5. The lowest BCUT2D eigenvalue weighted by atomic mass is 10.1. The largest absolute Gasteiger partial charge is 0.481 e. The van der Waals surface area contributed by atoms with Crippen molar-refractivity contribution in [1.29, 1.82) is 0 Å². The van der Waals surface area contributed by atoms with Gasteiger partial charge in [-0.1, -0.05) is 48.4 Å². The van der Waals surface area contributed by atoms with Gasteiger partial charge in [0.2, 0.25) is 0 Å². The van der Waals surface area contributed by atoms with Crippen LogP contribution in [0.4, 0.5) is 0 Å². The summed E-state index contributed by atoms with van der Waals surface area (Å²) in [6.07, 6.45) is 3.47. The van der Waals surface area contributed by atoms with E-state index in [1.807, 2.05) is 31.2 Å². The van der Waals surface area contributed by atoms with Gasteiger partial charge in [0.15, 0.2) is 6.10 Å². The zero-order valence-electron chi connectivity index (χ0n) is 16.4. The lowest BCUT2D eigenvalue weighted by Gasteiger charge is -2.26. The number of likely N-dealkylation sites (tertiary alicyclic amines) is 1. The van der Waals surface area contributed by atoms with Crippen LogP contribution in [-0.4, -0.2) is 30.0 Å². The van der Waals surface area contributed by atoms with Crippen molar-refractivity contribution in [3.8, 4) is 5.75 Å². The Kier molecular flexibility index (Phi) is 6.88. The second-order valence-corrected chi connectivity index (χ2v) is 7.44. The summed E-state index contributed by atoms with van der Waals surface area (Å²) in [7, 11) is 0. The molecule has 0 bridgehead atoms. The second-order valence-electron chi connectivity index (χ2n) is 7.44. The predicted octanol–water partition coefficient (Wildman–Crippen LogP) is 4.06. The minimum Gasteiger partial charge on any atom is -0.481 e. The molecule has 0 aromatic heterocycles. The van der Waals surface area contributed by atoms with Crippen LogP contribution in [0.25, 0.3) is 0 Å². The van der Waals surface area contributed by atoms with Crippen molar-refractivity contribution in [3.63, 3.8) is 0 Å². The molecule has 1 aliphatic heterocycles. The molecule has 1 fully saturated rings. The monoisotopic (exact) mass is 366 g/mol. The Bertz CT molecular complexity index is 719. The summed E-state index contributed by atoms with van der Waals surface area (Å²) in [4.78, 5) is 14.8. The van der Waals surface area contributed by atoms with E-state index in [2.05, 4.69) is 34.5 Å². The second kappa shape index (κ2) is 9.56. The number of carbonyl (C=O) groups excluding carboxylic acids is 1. The minimum atomic E-state index is -0.522. The standard InChI is InChI=1S/C23H30N2O2/c1-18-6-12-22(13-7-18)27-19(2)23(26)24-16-20-8-10-21(11-9-20)17-25-14-4-3-5-15-25/h6-13,19H,3-5,14-17H2,1-2H3,(H,24,26). The Labute approximate surface area is 162 Å². The highest BCUT2D eigenvalue weighted by Gasteiger charge is 2.14. The molecule has 1 N–H and O–H groups in total. The molecule has 1 unspecified atom stereocenters. The fourth-order valence-electron chi connectivity index (χ4n) is 3.35. The van der Waals surface area contributed by atoms with Crippen LogP contribution in [0.15, 0.2) is 48.5 Å². The first-order chi connectivity index (χ1) is 13.1. The number of aryl methyl sites for hydroxylation is 1. The molecule has 1 saturated heterocycles. The number of hydrogen-bond donors (Lipinski definition) is 1. The lowest BCUT2D eigenvalue weighted by Crippen LogP contribution is -2.35. The van der Waals surface area contributed by atoms with Crippen LogP contribution in [0.1, 0.15) is 42.9 Å². The Morgan fingerprint density at radius 3 is 2.30 bits per heavy atom. The van der Waals surface area contributed by atoms with Crippen LogP contribution in [0, 0.1) is 6.92 Å². The number of carbonyl (C=O) groups is 1. The maximum atomic E-state index is 12.3. The van der Waals surface area contributed by atoms with Gasteiger partial charge in [0, 0.05) is 13.1 Å². The Morgan fingerprint density at radius 2 is 1.63 bits per heavy atom. The van der Waals surface area contributed by atoms with Gasteiger partial charge in [-0.3, -0.25) is 9.69 Å². The number of hydrogen-bond acceptors (Lipinski definition) is 3. The number of benzene rings is 2. The van der Waals surface area contributed by atoms with Gasteiger partial charge in [-0.25, -0.2) is 0 Å². The molecule has 144 valence electrons. The molecule has 1 atom stereocenters. The van der Waals surface area contributed by atoms with Crippen molar-refractivity contribution in [2.75, 3.05) is 13.1 Å². The first-order valence-corrected chi connectivity index (χ1v) is 9.91. The van der Waals surface area contributed by atoms with Crippen molar-refractivity contribution in [2.24, 2.45) is 0 Å². The fraction of sp³-hybridized carbons (Fsp3) is 0.435. The number of rotatable bonds is 7. The summed E-state index contributed by atoms with van der Waals surface area (Å²) in [6, 6.07) is 16.3. The summed E-state index contributed by atoms with van der Waals surface area (Å²) in [5.74, 6) is 0.610. The number of nitrogens with zero attached hydrogens (tertiary/aromatic N) is 1. The molecule has 1 heterocycles. The highest BCUT2D eigenvalue weighted by molar-refractivity contribution is 5.80. The highest BCUT2D eigenvalue weighted by Crippen LogP contribution is 2.15. The van der Waals surface area contributed by atoms with Crippen molar-refractivity contribution >= 4 is 5.91 Å². The molecule has 4 heteroatoms. The number of amides is 1. The Hall–Kier alpha value is -2.33. The predicted molar refractivity (Wildman–Crippen MR) is 109 cm³/mol. The molecule has 27 heavy (non-hydrogen) atoms. The van der Waals surface area contributed by atoms with Gasteiger partial charge in [0.25, 0.3) is 5.91 Å². The third kappa shape index (κ3) is 6.10. The fourth-order valence-corrected chi connectivity index (χ4v) is 3.35. The smallest absolute Gasteiger partial charge is 0.261 e. The maximum Gasteiger partial charge on any atom is 0.261 e. The molecular weight excluding hydrogens is 336 g/mol. The van der Waals surface area contributed by atoms with E-state index < -0.39 is 6.10 Å². The van der Waals surface area contributed by atoms with Gasteiger partial charge in [-0.15, -0.1) is 0 Å². The van der Waals surface area contributed by atoms with Crippen LogP contribution >= 0.6 is 0 Å². The molecule has 3 rings (SSSR count). The topological polar surface area (TPSA) is 41.6 Å². The first kappa shape index (κ1) is 19.4. The molecule has 0 saturated carbocycles. The quantitative estimate of drug-likeness (QED) is 0.803. The summed E-state index contributed by atoms with van der Waals surface area (Å²) < 4.78 is 5.71. The van der Waals surface area contributed by atoms with Gasteiger partial charge in [0.1, 0.15) is 5.75 Å². The third-order valence-corrected chi connectivity index (χ3v) is 5.05. The molecule has 4 nitrogen and oxygen atoms in total. The lowest BCUT2D eigenvalue weighted by molar-refractivity contribution is -0.127. The summed E-state index contributed by atoms with van der Waals surface area (Å²) in [6.45, 7) is 7.75. The van der Waals surface area contributed by atoms with Crippen molar-refractivity contribution in [3.05, 3.63) is 65.2 Å². The van der Waals surface area contributed by atoms with Gasteiger partial charge in [-0.2, -0.15) is 0 Å². The van der Waals surface area contributed by atoms with Crippen LogP contribution in [0.3, 0.4) is 0 Å². The molecule has 2 aromatic rings. The van der Waals surface area contributed by atoms with E-state index in [0.717, 1.165) is 12.1 Å². The van der Waals surface area contributed by atoms with E-state index in [1.165, 1.54) is 43.5 Å². The number of ether oxygens (including phenoxy) is 1. The molecule has 0 aliphatic carbocycles. The first-order valence-electron chi connectivity index (χ1n) is 9.91. The zero-order chi connectivity index (χ0) is 19.1. The van der Waals surface area contributed by atoms with E-state index in [-0.39, 0.29) is 5.91 Å². The SMILES string of the molecule is Cc1ccc(OC(C)C(=O)NCc2ccc(CN3CCCCC3)cc2)cc1. The van der Waals surface area contributed by atoms with Crippen LogP contribution in [0.2, 0.25) is 0 Å². The van der Waals surface area contributed by atoms with Crippen molar-refractivity contribution in [2.45, 2.75) is 52.3 Å². The van der Waals surface area contributed by atoms with Crippen LogP contribution < -0.4 is 10.1 Å². The van der Waals surface area contributed by atoms with Gasteiger partial charge in [-0.05, 0) is 63.0 Å². The van der Waals surface area contributed by atoms with E-state index in [4.69, 9.17) is 4.74 Å². The average Bonchev–Trinajstić information content (AvgIpc) is 2.69. The summed E-state index contributed by atoms with van der Waals surface area (Å²) in [5, 5.41) is 2.96. The van der Waals surface area contributed by atoms with E-state index in [0.29, 0.717) is 12.3 Å².